The second kappa shape index (κ2) is 5.26. The van der Waals surface area contributed by atoms with Gasteiger partial charge in [-0.3, -0.25) is 5.09 Å². The van der Waals surface area contributed by atoms with E-state index in [0.29, 0.717) is 6.04 Å². The van der Waals surface area contributed by atoms with E-state index in [4.69, 9.17) is 0 Å². The number of rotatable bonds is 3. The minimum Gasteiger partial charge on any atom is -0.298 e. The number of hydrogen-bond donors (Lipinski definition) is 1. The molecule has 0 spiro atoms. The number of halogens is 1. The Balaban J connectivity index is 2.83. The molecule has 7 heavy (non-hydrogen) atoms. The van der Waals surface area contributed by atoms with Crippen LogP contribution in [0.4, 0.5) is 0 Å². The van der Waals surface area contributed by atoms with Crippen molar-refractivity contribution in [2.75, 3.05) is 4.43 Å². The van der Waals surface area contributed by atoms with E-state index in [2.05, 4.69) is 44.0 Å². The Morgan fingerprint density at radius 2 is 2.43 bits per heavy atom. The zero-order chi connectivity index (χ0) is 5.70. The fourth-order valence-electron chi connectivity index (χ4n) is 0.247. The molecule has 0 aliphatic carbocycles. The molecule has 0 heterocycles. The van der Waals surface area contributed by atoms with E-state index >= 15 is 0 Å². The summed E-state index contributed by atoms with van der Waals surface area (Å²) < 4.78 is 1.24. The van der Waals surface area contributed by atoms with Crippen molar-refractivity contribution in [3.8, 4) is 0 Å². The molecule has 0 aromatic carbocycles. The van der Waals surface area contributed by atoms with E-state index in [0.717, 1.165) is 0 Å². The summed E-state index contributed by atoms with van der Waals surface area (Å²) in [6.45, 7) is 2.17. The van der Waals surface area contributed by atoms with Gasteiger partial charge in [0.1, 0.15) is 0 Å². The quantitative estimate of drug-likeness (QED) is 0.441. The maximum absolute atomic E-state index is 3.08. The van der Waals surface area contributed by atoms with E-state index in [1.165, 1.54) is 10.8 Å². The van der Waals surface area contributed by atoms with Crippen LogP contribution in [0.25, 0.3) is 0 Å². The van der Waals surface area contributed by atoms with E-state index in [1.54, 1.807) is 0 Å². The van der Waals surface area contributed by atoms with E-state index < -0.39 is 0 Å². The number of alkyl halides is 1. The Morgan fingerprint density at radius 1 is 1.86 bits per heavy atom. The van der Waals surface area contributed by atoms with Crippen molar-refractivity contribution in [3.63, 3.8) is 0 Å². The first kappa shape index (κ1) is 8.12. The molecule has 3 heteroatoms. The zero-order valence-electron chi connectivity index (χ0n) is 4.45. The minimum absolute atomic E-state index is 0.655. The highest BCUT2D eigenvalue weighted by molar-refractivity contribution is 14.1. The summed E-state index contributed by atoms with van der Waals surface area (Å²) in [4.78, 5) is 0. The van der Waals surface area contributed by atoms with Gasteiger partial charge in [-0.1, -0.05) is 32.0 Å². The van der Waals surface area contributed by atoms with Gasteiger partial charge in [-0.25, -0.2) is 0 Å². The van der Waals surface area contributed by atoms with Gasteiger partial charge in [0.25, 0.3) is 0 Å². The van der Waals surface area contributed by atoms with Crippen molar-refractivity contribution in [2.24, 2.45) is 0 Å². The highest BCUT2D eigenvalue weighted by Gasteiger charge is 1.92. The maximum atomic E-state index is 3.08. The fourth-order valence-corrected chi connectivity index (χ4v) is 1.35. The van der Waals surface area contributed by atoms with Gasteiger partial charge >= 0.3 is 0 Å². The highest BCUT2D eigenvalue weighted by atomic mass is 127. The first-order chi connectivity index (χ1) is 3.31. The lowest BCUT2D eigenvalue weighted by molar-refractivity contribution is 0.679. The van der Waals surface area contributed by atoms with Gasteiger partial charge < -0.3 is 0 Å². The van der Waals surface area contributed by atoms with Crippen LogP contribution in [0, 0.1) is 0 Å². The second-order valence-electron chi connectivity index (χ2n) is 1.55. The molecule has 0 aromatic heterocycles. The first-order valence-corrected chi connectivity index (χ1v) is 4.43. The van der Waals surface area contributed by atoms with Crippen LogP contribution in [0.5, 0.6) is 0 Å². The molecule has 0 fully saturated rings. The third kappa shape index (κ3) is 4.98. The van der Waals surface area contributed by atoms with Gasteiger partial charge in [0.2, 0.25) is 0 Å². The predicted molar refractivity (Wildman–Crippen MR) is 45.8 cm³/mol. The first-order valence-electron chi connectivity index (χ1n) is 2.33. The number of nitrogens with one attached hydrogen (secondary N) is 1. The van der Waals surface area contributed by atoms with Gasteiger partial charge in [0.15, 0.2) is 0 Å². The summed E-state index contributed by atoms with van der Waals surface area (Å²) in [6.07, 6.45) is 1.25. The summed E-state index contributed by atoms with van der Waals surface area (Å²) >= 11 is 2.38. The van der Waals surface area contributed by atoms with Crippen LogP contribution >= 0.6 is 32.0 Å². The Bertz CT molecular complexity index is 42.7. The van der Waals surface area contributed by atoms with Crippen LogP contribution in [-0.2, 0) is 0 Å². The molecule has 0 bridgehead atoms. The van der Waals surface area contributed by atoms with Gasteiger partial charge in [-0.15, -0.1) is 0 Å². The fraction of sp³-hybridized carbons (Fsp3) is 1.00. The Labute approximate surface area is 61.0 Å². The topological polar surface area (TPSA) is 12.0 Å². The average molecular weight is 231 g/mol. The lowest BCUT2D eigenvalue weighted by Crippen LogP contribution is -2.15. The third-order valence-electron chi connectivity index (χ3n) is 0.827. The molecule has 0 aliphatic heterocycles. The molecule has 0 aromatic rings. The van der Waals surface area contributed by atoms with Crippen LogP contribution in [0.2, 0.25) is 0 Å². The lowest BCUT2D eigenvalue weighted by atomic mass is 10.3. The van der Waals surface area contributed by atoms with Gasteiger partial charge in [-0.2, -0.15) is 0 Å². The molecule has 2 atom stereocenters. The number of hydrogen-bond acceptors (Lipinski definition) is 1. The van der Waals surface area contributed by atoms with Gasteiger partial charge in [0.05, 0.1) is 0 Å². The SMILES string of the molecule is CC(CCI)NP. The van der Waals surface area contributed by atoms with Crippen LogP contribution in [0.15, 0.2) is 0 Å². The highest BCUT2D eigenvalue weighted by Crippen LogP contribution is 1.95. The lowest BCUT2D eigenvalue weighted by Gasteiger charge is -2.04. The Kier molecular flexibility index (Phi) is 6.10. The summed E-state index contributed by atoms with van der Waals surface area (Å²) in [5.41, 5.74) is 0. The monoisotopic (exact) mass is 231 g/mol. The summed E-state index contributed by atoms with van der Waals surface area (Å²) in [7, 11) is 2.51. The Morgan fingerprint density at radius 3 is 2.57 bits per heavy atom. The molecule has 0 saturated heterocycles. The van der Waals surface area contributed by atoms with Crippen molar-refractivity contribution in [3.05, 3.63) is 0 Å². The zero-order valence-corrected chi connectivity index (χ0v) is 7.76. The van der Waals surface area contributed by atoms with Crippen molar-refractivity contribution >= 4 is 32.0 Å². The van der Waals surface area contributed by atoms with E-state index in [9.17, 15) is 0 Å². The minimum atomic E-state index is 0.655. The van der Waals surface area contributed by atoms with Crippen LogP contribution in [-0.4, -0.2) is 10.5 Å². The molecule has 44 valence electrons. The molecular weight excluding hydrogens is 220 g/mol. The smallest absolute Gasteiger partial charge is 0.00778 e. The van der Waals surface area contributed by atoms with Crippen LogP contribution in [0.3, 0.4) is 0 Å². The average Bonchev–Trinajstić information content (AvgIpc) is 1.68. The van der Waals surface area contributed by atoms with Gasteiger partial charge in [-0.05, 0) is 13.3 Å². The molecule has 0 saturated carbocycles. The summed E-state index contributed by atoms with van der Waals surface area (Å²) in [5.74, 6) is 0. The molecule has 2 unspecified atom stereocenters. The Hall–Kier alpha value is 1.12. The van der Waals surface area contributed by atoms with Gasteiger partial charge in [0, 0.05) is 10.5 Å². The third-order valence-corrected chi connectivity index (χ3v) is 2.02. The van der Waals surface area contributed by atoms with E-state index in [1.807, 2.05) is 0 Å². The molecule has 0 aliphatic rings. The van der Waals surface area contributed by atoms with Crippen molar-refractivity contribution in [2.45, 2.75) is 19.4 Å². The summed E-state index contributed by atoms with van der Waals surface area (Å²) in [6, 6.07) is 0.655. The van der Waals surface area contributed by atoms with E-state index in [-0.39, 0.29) is 0 Å². The van der Waals surface area contributed by atoms with Crippen LogP contribution < -0.4 is 5.09 Å². The molecule has 1 nitrogen and oxygen atoms in total. The molecule has 0 rings (SSSR count). The normalized spacial score (nSPS) is 14.1. The van der Waals surface area contributed by atoms with Crippen LogP contribution in [0.1, 0.15) is 13.3 Å². The van der Waals surface area contributed by atoms with Crippen molar-refractivity contribution in [1.29, 1.82) is 0 Å². The predicted octanol–water partition coefficient (Wildman–Crippen LogP) is 1.58. The standard InChI is InChI=1S/C4H11INP/c1-4(6-7)2-3-5/h4,6H,2-3,7H2,1H3. The summed E-state index contributed by atoms with van der Waals surface area (Å²) in [5, 5.41) is 3.08. The van der Waals surface area contributed by atoms with Crippen molar-refractivity contribution < 1.29 is 0 Å². The molecule has 0 radical (unpaired) electrons. The second-order valence-corrected chi connectivity index (χ2v) is 2.96. The van der Waals surface area contributed by atoms with Crippen molar-refractivity contribution in [1.82, 2.24) is 5.09 Å². The molecular formula is C4H11INP. The largest absolute Gasteiger partial charge is 0.298 e. The molecule has 1 N–H and O–H groups in total. The molecule has 0 amide bonds. The maximum Gasteiger partial charge on any atom is 0.00778 e.